The maximum Gasteiger partial charge on any atom is 0.257 e. The maximum absolute atomic E-state index is 13.3. The third-order valence-electron chi connectivity index (χ3n) is 6.12. The SMILES string of the molecule is COc1ccc2cc([C@@H](C)NC(=O)c3cn(Cc4ccccc4)cc(C(=O)NC(C)C)c3=O)ccc2c1. The average molecular weight is 498 g/mol. The molecule has 1 heterocycles. The predicted octanol–water partition coefficient (Wildman–Crippen LogP) is 4.69. The van der Waals surface area contributed by atoms with Crippen molar-refractivity contribution in [1.82, 2.24) is 15.2 Å². The number of methoxy groups -OCH3 is 1. The van der Waals surface area contributed by atoms with Crippen molar-refractivity contribution in [3.8, 4) is 5.75 Å². The molecule has 7 nitrogen and oxygen atoms in total. The van der Waals surface area contributed by atoms with Crippen LogP contribution in [0.4, 0.5) is 0 Å². The van der Waals surface area contributed by atoms with Gasteiger partial charge in [0, 0.05) is 25.0 Å². The summed E-state index contributed by atoms with van der Waals surface area (Å²) in [6.45, 7) is 5.91. The van der Waals surface area contributed by atoms with E-state index in [0.717, 1.165) is 27.6 Å². The summed E-state index contributed by atoms with van der Waals surface area (Å²) >= 11 is 0. The van der Waals surface area contributed by atoms with Gasteiger partial charge in [0.05, 0.1) is 13.2 Å². The van der Waals surface area contributed by atoms with Crippen LogP contribution in [-0.4, -0.2) is 29.5 Å². The topological polar surface area (TPSA) is 89.4 Å². The van der Waals surface area contributed by atoms with Crippen molar-refractivity contribution in [2.24, 2.45) is 0 Å². The van der Waals surface area contributed by atoms with Crippen LogP contribution < -0.4 is 20.8 Å². The summed E-state index contributed by atoms with van der Waals surface area (Å²) in [6.07, 6.45) is 3.01. The predicted molar refractivity (Wildman–Crippen MR) is 145 cm³/mol. The highest BCUT2D eigenvalue weighted by atomic mass is 16.5. The molecule has 0 unspecified atom stereocenters. The first kappa shape index (κ1) is 25.7. The summed E-state index contributed by atoms with van der Waals surface area (Å²) in [5.74, 6) is -0.266. The van der Waals surface area contributed by atoms with E-state index in [9.17, 15) is 14.4 Å². The van der Waals surface area contributed by atoms with E-state index in [0.29, 0.717) is 6.54 Å². The number of pyridine rings is 1. The van der Waals surface area contributed by atoms with Crippen molar-refractivity contribution in [2.75, 3.05) is 7.11 Å². The minimum atomic E-state index is -0.599. The Balaban J connectivity index is 1.64. The number of nitrogens with zero attached hydrogens (tertiary/aromatic N) is 1. The van der Waals surface area contributed by atoms with Crippen molar-refractivity contribution in [1.29, 1.82) is 0 Å². The quantitative estimate of drug-likeness (QED) is 0.370. The molecule has 0 bridgehead atoms. The number of carbonyl (C=O) groups excluding carboxylic acids is 2. The molecule has 0 aliphatic rings. The Morgan fingerprint density at radius 3 is 2.11 bits per heavy atom. The summed E-state index contributed by atoms with van der Waals surface area (Å²) in [4.78, 5) is 39.4. The van der Waals surface area contributed by atoms with Gasteiger partial charge in [-0.15, -0.1) is 0 Å². The number of hydrogen-bond acceptors (Lipinski definition) is 4. The van der Waals surface area contributed by atoms with Crippen molar-refractivity contribution >= 4 is 22.6 Å². The molecule has 2 N–H and O–H groups in total. The number of amides is 2. The maximum atomic E-state index is 13.3. The van der Waals surface area contributed by atoms with Crippen LogP contribution in [0.2, 0.25) is 0 Å². The molecular weight excluding hydrogens is 466 g/mol. The second-order valence-electron chi connectivity index (χ2n) is 9.37. The van der Waals surface area contributed by atoms with Crippen molar-refractivity contribution in [2.45, 2.75) is 39.4 Å². The molecule has 0 aliphatic carbocycles. The number of rotatable bonds is 8. The minimum absolute atomic E-state index is 0.0652. The van der Waals surface area contributed by atoms with Gasteiger partial charge in [-0.25, -0.2) is 0 Å². The molecule has 0 radical (unpaired) electrons. The van der Waals surface area contributed by atoms with E-state index >= 15 is 0 Å². The fourth-order valence-corrected chi connectivity index (χ4v) is 4.18. The zero-order valence-corrected chi connectivity index (χ0v) is 21.4. The van der Waals surface area contributed by atoms with E-state index in [-0.39, 0.29) is 23.2 Å². The second-order valence-corrected chi connectivity index (χ2v) is 9.37. The molecule has 0 saturated carbocycles. The Morgan fingerprint density at radius 1 is 0.838 bits per heavy atom. The van der Waals surface area contributed by atoms with E-state index in [1.165, 1.54) is 12.4 Å². The van der Waals surface area contributed by atoms with Gasteiger partial charge in [-0.1, -0.05) is 48.5 Å². The third kappa shape index (κ3) is 6.06. The molecule has 7 heteroatoms. The lowest BCUT2D eigenvalue weighted by atomic mass is 10.0. The summed E-state index contributed by atoms with van der Waals surface area (Å²) < 4.78 is 6.99. The first-order valence-electron chi connectivity index (χ1n) is 12.2. The van der Waals surface area contributed by atoms with Crippen LogP contribution in [0.5, 0.6) is 5.75 Å². The molecular formula is C30H31N3O4. The second kappa shape index (κ2) is 11.1. The Hall–Kier alpha value is -4.39. The molecule has 190 valence electrons. The highest BCUT2D eigenvalue weighted by Crippen LogP contribution is 2.24. The summed E-state index contributed by atoms with van der Waals surface area (Å²) in [6, 6.07) is 20.8. The van der Waals surface area contributed by atoms with E-state index in [4.69, 9.17) is 4.74 Å². The molecule has 3 aromatic carbocycles. The smallest absolute Gasteiger partial charge is 0.257 e. The lowest BCUT2D eigenvalue weighted by Crippen LogP contribution is -2.38. The molecule has 0 spiro atoms. The Labute approximate surface area is 216 Å². The first-order chi connectivity index (χ1) is 17.7. The van der Waals surface area contributed by atoms with E-state index in [1.807, 2.05) is 87.5 Å². The molecule has 0 saturated heterocycles. The van der Waals surface area contributed by atoms with E-state index in [2.05, 4.69) is 10.6 Å². The van der Waals surface area contributed by atoms with Crippen molar-refractivity contribution in [3.63, 3.8) is 0 Å². The third-order valence-corrected chi connectivity index (χ3v) is 6.12. The van der Waals surface area contributed by atoms with Crippen LogP contribution in [0.3, 0.4) is 0 Å². The summed E-state index contributed by atoms with van der Waals surface area (Å²) in [7, 11) is 1.63. The Kier molecular flexibility index (Phi) is 7.72. The number of fused-ring (bicyclic) bond motifs is 1. The van der Waals surface area contributed by atoms with Crippen molar-refractivity contribution in [3.05, 3.63) is 112 Å². The number of hydrogen-bond donors (Lipinski definition) is 2. The first-order valence-corrected chi connectivity index (χ1v) is 12.2. The Morgan fingerprint density at radius 2 is 1.46 bits per heavy atom. The van der Waals surface area contributed by atoms with Crippen LogP contribution >= 0.6 is 0 Å². The monoisotopic (exact) mass is 497 g/mol. The number of nitrogens with one attached hydrogen (secondary N) is 2. The van der Waals surface area contributed by atoms with Crippen LogP contribution in [0.25, 0.3) is 10.8 Å². The van der Waals surface area contributed by atoms with Crippen LogP contribution in [0.1, 0.15) is 58.7 Å². The highest BCUT2D eigenvalue weighted by Gasteiger charge is 2.21. The number of aromatic nitrogens is 1. The molecule has 4 aromatic rings. The van der Waals surface area contributed by atoms with Gasteiger partial charge in [-0.05, 0) is 60.9 Å². The van der Waals surface area contributed by atoms with Gasteiger partial charge in [0.25, 0.3) is 11.8 Å². The van der Waals surface area contributed by atoms with Gasteiger partial charge in [0.1, 0.15) is 16.9 Å². The van der Waals surface area contributed by atoms with Gasteiger partial charge in [-0.3, -0.25) is 14.4 Å². The van der Waals surface area contributed by atoms with Crippen LogP contribution in [0, 0.1) is 0 Å². The van der Waals surface area contributed by atoms with Gasteiger partial charge in [0.15, 0.2) is 0 Å². The van der Waals surface area contributed by atoms with Gasteiger partial charge in [0.2, 0.25) is 5.43 Å². The standard InChI is InChI=1S/C30H31N3O4/c1-19(2)31-29(35)26-17-33(16-21-8-6-5-7-9-21)18-27(28(26)34)30(36)32-20(3)22-10-11-24-15-25(37-4)13-12-23(24)14-22/h5-15,17-20H,16H2,1-4H3,(H,31,35)(H,32,36)/t20-/m1/s1. The molecule has 1 atom stereocenters. The molecule has 1 aromatic heterocycles. The molecule has 0 aliphatic heterocycles. The fourth-order valence-electron chi connectivity index (χ4n) is 4.18. The van der Waals surface area contributed by atoms with Gasteiger partial charge < -0.3 is 19.9 Å². The van der Waals surface area contributed by atoms with Crippen LogP contribution in [0.15, 0.2) is 83.9 Å². The highest BCUT2D eigenvalue weighted by molar-refractivity contribution is 5.99. The van der Waals surface area contributed by atoms with Gasteiger partial charge >= 0.3 is 0 Å². The fraction of sp³-hybridized carbons (Fsp3) is 0.233. The summed E-state index contributed by atoms with van der Waals surface area (Å²) in [5, 5.41) is 7.72. The van der Waals surface area contributed by atoms with E-state index in [1.54, 1.807) is 11.7 Å². The number of benzene rings is 3. The lowest BCUT2D eigenvalue weighted by molar-refractivity contribution is 0.0937. The molecule has 2 amide bonds. The number of ether oxygens (including phenoxy) is 1. The normalized spacial score (nSPS) is 11.8. The number of carbonyl (C=O) groups is 2. The zero-order valence-electron chi connectivity index (χ0n) is 21.4. The lowest BCUT2D eigenvalue weighted by Gasteiger charge is -2.17. The summed E-state index contributed by atoms with van der Waals surface area (Å²) in [5.41, 5.74) is 1.13. The molecule has 4 rings (SSSR count). The van der Waals surface area contributed by atoms with Crippen molar-refractivity contribution < 1.29 is 14.3 Å². The minimum Gasteiger partial charge on any atom is -0.497 e. The average Bonchev–Trinajstić information content (AvgIpc) is 2.88. The van der Waals surface area contributed by atoms with Crippen LogP contribution in [-0.2, 0) is 6.54 Å². The Bertz CT molecular complexity index is 1490. The van der Waals surface area contributed by atoms with E-state index < -0.39 is 17.2 Å². The zero-order chi connectivity index (χ0) is 26.5. The molecule has 0 fully saturated rings. The largest absolute Gasteiger partial charge is 0.497 e. The molecule has 37 heavy (non-hydrogen) atoms. The van der Waals surface area contributed by atoms with Gasteiger partial charge in [-0.2, -0.15) is 0 Å².